The third-order valence-corrected chi connectivity index (χ3v) is 4.85. The van der Waals surface area contributed by atoms with E-state index in [1.165, 1.54) is 18.2 Å². The number of carboxylic acid groups (broad SMARTS) is 2. The summed E-state index contributed by atoms with van der Waals surface area (Å²) in [7, 11) is 0. The second kappa shape index (κ2) is 7.67. The molecule has 0 fully saturated rings. The van der Waals surface area contributed by atoms with Crippen molar-refractivity contribution in [2.75, 3.05) is 0 Å². The normalized spacial score (nSPS) is 11.1. The molecule has 6 heteroatoms. The van der Waals surface area contributed by atoms with E-state index in [0.717, 1.165) is 11.1 Å². The van der Waals surface area contributed by atoms with Gasteiger partial charge in [-0.1, -0.05) is 38.1 Å². The maximum atomic E-state index is 11.3. The third-order valence-electron chi connectivity index (χ3n) is 4.85. The number of phenolic OH excluding ortho intramolecular Hbond substituents is 1. The van der Waals surface area contributed by atoms with Crippen LogP contribution in [0.4, 0.5) is 0 Å². The lowest BCUT2D eigenvalue weighted by molar-refractivity contribution is 0.0651. The molecule has 0 aliphatic heterocycles. The van der Waals surface area contributed by atoms with E-state index in [1.54, 1.807) is 24.3 Å². The zero-order valence-electron chi connectivity index (χ0n) is 15.9. The minimum Gasteiger partial charge on any atom is -0.508 e. The van der Waals surface area contributed by atoms with Gasteiger partial charge in [0.15, 0.2) is 0 Å². The first-order valence-electron chi connectivity index (χ1n) is 8.87. The maximum absolute atomic E-state index is 11.3. The summed E-state index contributed by atoms with van der Waals surface area (Å²) in [6, 6.07) is 18.2. The molecule has 0 heterocycles. The van der Waals surface area contributed by atoms with Gasteiger partial charge in [0.25, 0.3) is 0 Å². The third kappa shape index (κ3) is 4.21. The van der Waals surface area contributed by atoms with E-state index in [1.807, 2.05) is 24.3 Å². The van der Waals surface area contributed by atoms with Crippen LogP contribution in [-0.4, -0.2) is 27.3 Å². The van der Waals surface area contributed by atoms with Crippen LogP contribution in [0.5, 0.6) is 17.2 Å². The molecule has 3 N–H and O–H groups in total. The second-order valence-corrected chi connectivity index (χ2v) is 7.12. The van der Waals surface area contributed by atoms with E-state index in [0.29, 0.717) is 5.75 Å². The van der Waals surface area contributed by atoms with Crippen molar-refractivity contribution in [3.63, 3.8) is 0 Å². The summed E-state index contributed by atoms with van der Waals surface area (Å²) >= 11 is 0. The van der Waals surface area contributed by atoms with E-state index in [2.05, 4.69) is 13.8 Å². The molecular formula is C23H20O6. The highest BCUT2D eigenvalue weighted by molar-refractivity contribution is 6.02. The van der Waals surface area contributed by atoms with Crippen LogP contribution in [0.15, 0.2) is 66.7 Å². The van der Waals surface area contributed by atoms with E-state index in [4.69, 9.17) is 9.84 Å². The fourth-order valence-electron chi connectivity index (χ4n) is 3.07. The van der Waals surface area contributed by atoms with E-state index in [-0.39, 0.29) is 28.0 Å². The van der Waals surface area contributed by atoms with Crippen molar-refractivity contribution in [2.24, 2.45) is 0 Å². The van der Waals surface area contributed by atoms with Crippen molar-refractivity contribution >= 4 is 11.9 Å². The molecule has 6 nitrogen and oxygen atoms in total. The van der Waals surface area contributed by atoms with Crippen LogP contribution in [0, 0.1) is 0 Å². The van der Waals surface area contributed by atoms with Gasteiger partial charge >= 0.3 is 11.9 Å². The number of carbonyl (C=O) groups is 2. The highest BCUT2D eigenvalue weighted by atomic mass is 16.5. The first kappa shape index (κ1) is 19.9. The van der Waals surface area contributed by atoms with Gasteiger partial charge in [0.1, 0.15) is 17.2 Å². The Kier molecular flexibility index (Phi) is 5.28. The van der Waals surface area contributed by atoms with Crippen molar-refractivity contribution < 1.29 is 29.6 Å². The zero-order valence-corrected chi connectivity index (χ0v) is 15.9. The predicted octanol–water partition coefficient (Wildman–Crippen LogP) is 4.91. The standard InChI is InChI=1S/C23H20O6/c1-23(2,14-3-7-16(24)8-4-14)15-5-9-17(10-6-15)29-18-11-12-19(21(25)26)20(13-18)22(27)28/h3-13,24H,1-2H3,(H,25,26)(H,27,28). The Labute approximate surface area is 167 Å². The quantitative estimate of drug-likeness (QED) is 0.551. The van der Waals surface area contributed by atoms with Crippen LogP contribution in [0.2, 0.25) is 0 Å². The molecule has 0 spiro atoms. The van der Waals surface area contributed by atoms with Crippen LogP contribution >= 0.6 is 0 Å². The van der Waals surface area contributed by atoms with Gasteiger partial charge in [-0.25, -0.2) is 9.59 Å². The zero-order chi connectivity index (χ0) is 21.2. The predicted molar refractivity (Wildman–Crippen MR) is 107 cm³/mol. The van der Waals surface area contributed by atoms with Gasteiger partial charge in [0.2, 0.25) is 0 Å². The summed E-state index contributed by atoms with van der Waals surface area (Å²) in [5.41, 5.74) is 1.14. The van der Waals surface area contributed by atoms with Crippen LogP contribution in [0.3, 0.4) is 0 Å². The van der Waals surface area contributed by atoms with Gasteiger partial charge in [-0.2, -0.15) is 0 Å². The molecule has 29 heavy (non-hydrogen) atoms. The Morgan fingerprint density at radius 2 is 1.21 bits per heavy atom. The summed E-state index contributed by atoms with van der Waals surface area (Å²) in [6.07, 6.45) is 0. The maximum Gasteiger partial charge on any atom is 0.336 e. The fraction of sp³-hybridized carbons (Fsp3) is 0.130. The molecule has 0 radical (unpaired) electrons. The lowest BCUT2D eigenvalue weighted by Gasteiger charge is -2.26. The lowest BCUT2D eigenvalue weighted by atomic mass is 9.78. The fourth-order valence-corrected chi connectivity index (χ4v) is 3.07. The number of carboxylic acids is 2. The molecule has 3 aromatic rings. The lowest BCUT2D eigenvalue weighted by Crippen LogP contribution is -2.18. The summed E-state index contributed by atoms with van der Waals surface area (Å²) in [6.45, 7) is 4.14. The highest BCUT2D eigenvalue weighted by Gasteiger charge is 2.23. The van der Waals surface area contributed by atoms with Crippen LogP contribution in [0.1, 0.15) is 45.7 Å². The first-order valence-corrected chi connectivity index (χ1v) is 8.87. The summed E-state index contributed by atoms with van der Waals surface area (Å²) < 4.78 is 5.70. The van der Waals surface area contributed by atoms with Gasteiger partial charge in [0.05, 0.1) is 11.1 Å². The molecule has 0 amide bonds. The van der Waals surface area contributed by atoms with E-state index >= 15 is 0 Å². The monoisotopic (exact) mass is 392 g/mol. The number of rotatable bonds is 6. The Morgan fingerprint density at radius 3 is 1.72 bits per heavy atom. The molecule has 0 saturated heterocycles. The van der Waals surface area contributed by atoms with Crippen LogP contribution in [0.25, 0.3) is 0 Å². The average Bonchev–Trinajstić information content (AvgIpc) is 2.68. The molecule has 3 aromatic carbocycles. The minimum absolute atomic E-state index is 0.211. The number of hydrogen-bond donors (Lipinski definition) is 3. The molecule has 3 rings (SSSR count). The molecule has 0 bridgehead atoms. The smallest absolute Gasteiger partial charge is 0.336 e. The van der Waals surface area contributed by atoms with Crippen molar-refractivity contribution in [2.45, 2.75) is 19.3 Å². The Balaban J connectivity index is 1.84. The van der Waals surface area contributed by atoms with E-state index < -0.39 is 11.9 Å². The van der Waals surface area contributed by atoms with Gasteiger partial charge < -0.3 is 20.1 Å². The second-order valence-electron chi connectivity index (χ2n) is 7.12. The van der Waals surface area contributed by atoms with Gasteiger partial charge in [0, 0.05) is 5.41 Å². The van der Waals surface area contributed by atoms with Gasteiger partial charge in [-0.15, -0.1) is 0 Å². The summed E-state index contributed by atoms with van der Waals surface area (Å²) in [5.74, 6) is -1.70. The Bertz CT molecular complexity index is 1050. The molecule has 0 saturated carbocycles. The number of ether oxygens (including phenoxy) is 1. The Hall–Kier alpha value is -3.80. The minimum atomic E-state index is -1.33. The molecule has 0 unspecified atom stereocenters. The summed E-state index contributed by atoms with van der Waals surface area (Å²) in [5, 5.41) is 27.8. The molecule has 148 valence electrons. The highest BCUT2D eigenvalue weighted by Crippen LogP contribution is 2.34. The number of phenols is 1. The number of hydrogen-bond acceptors (Lipinski definition) is 4. The average molecular weight is 392 g/mol. The first-order chi connectivity index (χ1) is 13.7. The van der Waals surface area contributed by atoms with Crippen LogP contribution in [-0.2, 0) is 5.41 Å². The number of aromatic carboxylic acids is 2. The SMILES string of the molecule is CC(C)(c1ccc(O)cc1)c1ccc(Oc2ccc(C(=O)O)c(C(=O)O)c2)cc1. The van der Waals surface area contributed by atoms with Crippen LogP contribution < -0.4 is 4.74 Å². The molecule has 0 aliphatic carbocycles. The van der Waals surface area contributed by atoms with Crippen molar-refractivity contribution in [3.05, 3.63) is 89.0 Å². The molecule has 0 atom stereocenters. The van der Waals surface area contributed by atoms with Gasteiger partial charge in [-0.3, -0.25) is 0 Å². The van der Waals surface area contributed by atoms with Crippen molar-refractivity contribution in [3.8, 4) is 17.2 Å². The van der Waals surface area contributed by atoms with E-state index in [9.17, 15) is 19.8 Å². The summed E-state index contributed by atoms with van der Waals surface area (Å²) in [4.78, 5) is 22.5. The topological polar surface area (TPSA) is 104 Å². The number of aromatic hydroxyl groups is 1. The molecule has 0 aliphatic rings. The largest absolute Gasteiger partial charge is 0.508 e. The number of benzene rings is 3. The van der Waals surface area contributed by atoms with Crippen molar-refractivity contribution in [1.29, 1.82) is 0 Å². The molecular weight excluding hydrogens is 372 g/mol. The van der Waals surface area contributed by atoms with Crippen molar-refractivity contribution in [1.82, 2.24) is 0 Å². The Morgan fingerprint density at radius 1 is 0.724 bits per heavy atom. The van der Waals surface area contributed by atoms with Gasteiger partial charge in [-0.05, 0) is 53.6 Å². The molecule has 0 aromatic heterocycles.